The van der Waals surface area contributed by atoms with Crippen LogP contribution in [0.1, 0.15) is 19.0 Å². The van der Waals surface area contributed by atoms with E-state index in [0.717, 1.165) is 5.56 Å². The summed E-state index contributed by atoms with van der Waals surface area (Å²) in [5.74, 6) is 0.480. The second-order valence-electron chi connectivity index (χ2n) is 5.14. The molecule has 2 rings (SSSR count). The summed E-state index contributed by atoms with van der Waals surface area (Å²) in [5, 5.41) is 9.24. The van der Waals surface area contributed by atoms with E-state index in [1.54, 1.807) is 18.9 Å². The number of carbonyl (C=O) groups excluding carboxylic acids is 1. The van der Waals surface area contributed by atoms with Crippen molar-refractivity contribution in [2.75, 3.05) is 13.6 Å². The lowest BCUT2D eigenvalue weighted by Crippen LogP contribution is -2.30. The number of aliphatic hydroxyl groups is 1. The van der Waals surface area contributed by atoms with Crippen molar-refractivity contribution < 1.29 is 14.3 Å². The van der Waals surface area contributed by atoms with Crippen LogP contribution in [0, 0.1) is 0 Å². The minimum atomic E-state index is -0.406. The maximum Gasteiger partial charge on any atom is 0.228 e. The summed E-state index contributed by atoms with van der Waals surface area (Å²) in [6, 6.07) is 9.56. The molecule has 1 amide bonds. The molecular weight excluding hydrogens is 268 g/mol. The Bertz CT molecular complexity index is 578. The van der Waals surface area contributed by atoms with E-state index >= 15 is 0 Å². The van der Waals surface area contributed by atoms with Gasteiger partial charge in [-0.25, -0.2) is 4.98 Å². The Morgan fingerprint density at radius 2 is 2.10 bits per heavy atom. The Morgan fingerprint density at radius 3 is 2.76 bits per heavy atom. The lowest BCUT2D eigenvalue weighted by atomic mass is 10.2. The van der Waals surface area contributed by atoms with Gasteiger partial charge in [0.25, 0.3) is 0 Å². The van der Waals surface area contributed by atoms with E-state index < -0.39 is 6.10 Å². The Morgan fingerprint density at radius 1 is 1.38 bits per heavy atom. The van der Waals surface area contributed by atoms with E-state index in [1.165, 1.54) is 6.26 Å². The molecule has 1 unspecified atom stereocenters. The molecule has 5 heteroatoms. The first-order chi connectivity index (χ1) is 10.1. The molecule has 0 aliphatic rings. The molecule has 0 fully saturated rings. The number of aromatic nitrogens is 1. The van der Waals surface area contributed by atoms with Crippen LogP contribution in [0.2, 0.25) is 0 Å². The predicted molar refractivity (Wildman–Crippen MR) is 79.6 cm³/mol. The Labute approximate surface area is 124 Å². The average Bonchev–Trinajstić information content (AvgIpc) is 2.94. The van der Waals surface area contributed by atoms with Gasteiger partial charge in [0.05, 0.1) is 18.2 Å². The molecule has 0 saturated carbocycles. The first kappa shape index (κ1) is 15.3. The second kappa shape index (κ2) is 7.04. The van der Waals surface area contributed by atoms with E-state index in [1.807, 2.05) is 30.3 Å². The van der Waals surface area contributed by atoms with Crippen molar-refractivity contribution in [2.24, 2.45) is 0 Å². The SMILES string of the molecule is CC(O)CCN(C)C(=O)Cc1coc(-c2ccccc2)n1. The fourth-order valence-corrected chi connectivity index (χ4v) is 1.90. The molecule has 0 radical (unpaired) electrons. The van der Waals surface area contributed by atoms with Gasteiger partial charge in [0, 0.05) is 19.2 Å². The van der Waals surface area contributed by atoms with Gasteiger partial charge in [-0.3, -0.25) is 4.79 Å². The van der Waals surface area contributed by atoms with Gasteiger partial charge in [-0.15, -0.1) is 0 Å². The second-order valence-corrected chi connectivity index (χ2v) is 5.14. The Kier molecular flexibility index (Phi) is 5.11. The summed E-state index contributed by atoms with van der Waals surface area (Å²) in [6.45, 7) is 2.24. The summed E-state index contributed by atoms with van der Waals surface area (Å²) >= 11 is 0. The third-order valence-corrected chi connectivity index (χ3v) is 3.21. The van der Waals surface area contributed by atoms with Gasteiger partial charge in [0.15, 0.2) is 0 Å². The third-order valence-electron chi connectivity index (χ3n) is 3.21. The van der Waals surface area contributed by atoms with Crippen LogP contribution in [0.5, 0.6) is 0 Å². The highest BCUT2D eigenvalue weighted by atomic mass is 16.3. The number of nitrogens with zero attached hydrogens (tertiary/aromatic N) is 2. The van der Waals surface area contributed by atoms with Crippen molar-refractivity contribution in [1.82, 2.24) is 9.88 Å². The van der Waals surface area contributed by atoms with Crippen LogP contribution < -0.4 is 0 Å². The van der Waals surface area contributed by atoms with Crippen molar-refractivity contribution in [2.45, 2.75) is 25.9 Å². The molecule has 1 aromatic carbocycles. The minimum absolute atomic E-state index is 0.0384. The number of likely N-dealkylation sites (N-methyl/N-ethyl adjacent to an activating group) is 1. The van der Waals surface area contributed by atoms with Crippen LogP contribution in [0.3, 0.4) is 0 Å². The zero-order chi connectivity index (χ0) is 15.2. The lowest BCUT2D eigenvalue weighted by Gasteiger charge is -2.17. The van der Waals surface area contributed by atoms with E-state index in [9.17, 15) is 9.90 Å². The molecule has 0 saturated heterocycles. The highest BCUT2D eigenvalue weighted by molar-refractivity contribution is 5.78. The fourth-order valence-electron chi connectivity index (χ4n) is 1.90. The molecule has 112 valence electrons. The molecule has 1 N–H and O–H groups in total. The monoisotopic (exact) mass is 288 g/mol. The molecule has 1 heterocycles. The molecule has 2 aromatic rings. The van der Waals surface area contributed by atoms with Crippen molar-refractivity contribution in [3.63, 3.8) is 0 Å². The van der Waals surface area contributed by atoms with Gasteiger partial charge in [0.2, 0.25) is 11.8 Å². The highest BCUT2D eigenvalue weighted by Gasteiger charge is 2.14. The summed E-state index contributed by atoms with van der Waals surface area (Å²) in [4.78, 5) is 18.0. The summed E-state index contributed by atoms with van der Waals surface area (Å²) in [6.07, 6.45) is 1.88. The lowest BCUT2D eigenvalue weighted by molar-refractivity contribution is -0.129. The molecule has 1 aromatic heterocycles. The largest absolute Gasteiger partial charge is 0.444 e. The Hall–Kier alpha value is -2.14. The van der Waals surface area contributed by atoms with Crippen LogP contribution in [0.4, 0.5) is 0 Å². The minimum Gasteiger partial charge on any atom is -0.444 e. The number of oxazole rings is 1. The molecule has 0 bridgehead atoms. The van der Waals surface area contributed by atoms with Crippen LogP contribution in [-0.2, 0) is 11.2 Å². The van der Waals surface area contributed by atoms with Crippen molar-refractivity contribution in [3.05, 3.63) is 42.3 Å². The van der Waals surface area contributed by atoms with Gasteiger partial charge in [-0.05, 0) is 25.5 Å². The zero-order valence-electron chi connectivity index (χ0n) is 12.3. The maximum absolute atomic E-state index is 12.0. The number of amides is 1. The zero-order valence-corrected chi connectivity index (χ0v) is 12.3. The van der Waals surface area contributed by atoms with Crippen molar-refractivity contribution in [1.29, 1.82) is 0 Å². The van der Waals surface area contributed by atoms with Gasteiger partial charge in [-0.2, -0.15) is 0 Å². The number of aliphatic hydroxyl groups excluding tert-OH is 1. The smallest absolute Gasteiger partial charge is 0.228 e. The fraction of sp³-hybridized carbons (Fsp3) is 0.375. The number of hydrogen-bond acceptors (Lipinski definition) is 4. The number of benzene rings is 1. The number of hydrogen-bond donors (Lipinski definition) is 1. The van der Waals surface area contributed by atoms with Gasteiger partial charge >= 0.3 is 0 Å². The van der Waals surface area contributed by atoms with E-state index in [-0.39, 0.29) is 12.3 Å². The summed E-state index contributed by atoms with van der Waals surface area (Å²) in [5.41, 5.74) is 1.50. The van der Waals surface area contributed by atoms with E-state index in [0.29, 0.717) is 24.6 Å². The van der Waals surface area contributed by atoms with Crippen LogP contribution in [-0.4, -0.2) is 40.6 Å². The molecule has 21 heavy (non-hydrogen) atoms. The summed E-state index contributed by atoms with van der Waals surface area (Å²) < 4.78 is 5.41. The average molecular weight is 288 g/mol. The Balaban J connectivity index is 1.95. The molecule has 0 spiro atoms. The predicted octanol–water partition coefficient (Wildman–Crippen LogP) is 2.11. The molecule has 5 nitrogen and oxygen atoms in total. The van der Waals surface area contributed by atoms with E-state index in [2.05, 4.69) is 4.98 Å². The van der Waals surface area contributed by atoms with Crippen LogP contribution >= 0.6 is 0 Å². The first-order valence-electron chi connectivity index (χ1n) is 6.98. The van der Waals surface area contributed by atoms with Gasteiger partial charge < -0.3 is 14.4 Å². The number of rotatable bonds is 6. The third kappa shape index (κ3) is 4.43. The first-order valence-corrected chi connectivity index (χ1v) is 6.98. The standard InChI is InChI=1S/C16H20N2O3/c1-12(19)8-9-18(2)15(20)10-14-11-21-16(17-14)13-6-4-3-5-7-13/h3-7,11-12,19H,8-10H2,1-2H3. The normalized spacial score (nSPS) is 12.1. The van der Waals surface area contributed by atoms with Gasteiger partial charge in [0.1, 0.15) is 6.26 Å². The molecular formula is C16H20N2O3. The maximum atomic E-state index is 12.0. The number of carbonyl (C=O) groups is 1. The molecule has 0 aliphatic carbocycles. The summed E-state index contributed by atoms with van der Waals surface area (Å²) in [7, 11) is 1.73. The van der Waals surface area contributed by atoms with Crippen LogP contribution in [0.25, 0.3) is 11.5 Å². The molecule has 1 atom stereocenters. The topological polar surface area (TPSA) is 66.6 Å². The van der Waals surface area contributed by atoms with Gasteiger partial charge in [-0.1, -0.05) is 18.2 Å². The van der Waals surface area contributed by atoms with Crippen molar-refractivity contribution >= 4 is 5.91 Å². The van der Waals surface area contributed by atoms with Crippen molar-refractivity contribution in [3.8, 4) is 11.5 Å². The van der Waals surface area contributed by atoms with E-state index in [4.69, 9.17) is 4.42 Å². The molecule has 0 aliphatic heterocycles. The highest BCUT2D eigenvalue weighted by Crippen LogP contribution is 2.18. The van der Waals surface area contributed by atoms with Crippen LogP contribution in [0.15, 0.2) is 41.0 Å². The quantitative estimate of drug-likeness (QED) is 0.884.